The second-order valence-electron chi connectivity index (χ2n) is 6.34. The summed E-state index contributed by atoms with van der Waals surface area (Å²) in [5, 5.41) is 3.00. The minimum atomic E-state index is 0.0901. The number of anilines is 1. The maximum atomic E-state index is 12.2. The number of hydrogen-bond donors (Lipinski definition) is 2. The number of carbonyl (C=O) groups is 1. The lowest BCUT2D eigenvalue weighted by molar-refractivity contribution is -0.123. The topological polar surface area (TPSA) is 55.1 Å². The van der Waals surface area contributed by atoms with Crippen molar-refractivity contribution >= 4 is 11.6 Å². The fraction of sp³-hybridized carbons (Fsp3) is 0.533. The third-order valence-corrected chi connectivity index (χ3v) is 4.70. The van der Waals surface area contributed by atoms with E-state index in [1.807, 2.05) is 24.3 Å². The predicted octanol–water partition coefficient (Wildman–Crippen LogP) is 2.57. The van der Waals surface area contributed by atoms with Crippen LogP contribution in [0.3, 0.4) is 0 Å². The van der Waals surface area contributed by atoms with Gasteiger partial charge in [0.05, 0.1) is 0 Å². The first-order valence-corrected chi connectivity index (χ1v) is 6.39. The van der Waals surface area contributed by atoms with Crippen LogP contribution in [0.1, 0.15) is 33.3 Å². The highest BCUT2D eigenvalue weighted by molar-refractivity contribution is 5.84. The Labute approximate surface area is 109 Å². The van der Waals surface area contributed by atoms with Crippen LogP contribution in [0, 0.1) is 16.7 Å². The highest BCUT2D eigenvalue weighted by atomic mass is 16.2. The summed E-state index contributed by atoms with van der Waals surface area (Å²) in [7, 11) is 0. The van der Waals surface area contributed by atoms with E-state index in [0.29, 0.717) is 6.54 Å². The van der Waals surface area contributed by atoms with E-state index in [0.717, 1.165) is 11.3 Å². The molecule has 1 aromatic carbocycles. The zero-order valence-electron chi connectivity index (χ0n) is 11.6. The molecule has 0 atom stereocenters. The van der Waals surface area contributed by atoms with Crippen molar-refractivity contribution in [2.45, 2.75) is 34.2 Å². The van der Waals surface area contributed by atoms with E-state index in [1.165, 1.54) is 0 Å². The van der Waals surface area contributed by atoms with Crippen LogP contribution in [-0.4, -0.2) is 5.91 Å². The predicted molar refractivity (Wildman–Crippen MR) is 73.8 cm³/mol. The molecule has 2 rings (SSSR count). The number of nitrogens with one attached hydrogen (secondary N) is 1. The van der Waals surface area contributed by atoms with Gasteiger partial charge in [-0.05, 0) is 28.5 Å². The zero-order valence-corrected chi connectivity index (χ0v) is 11.6. The molecule has 0 aromatic heterocycles. The molecule has 1 aromatic rings. The van der Waals surface area contributed by atoms with Crippen molar-refractivity contribution in [3.05, 3.63) is 29.8 Å². The van der Waals surface area contributed by atoms with E-state index in [-0.39, 0.29) is 22.7 Å². The normalized spacial score (nSPS) is 20.4. The van der Waals surface area contributed by atoms with Crippen LogP contribution in [0.2, 0.25) is 0 Å². The largest absolute Gasteiger partial charge is 0.399 e. The number of amides is 1. The van der Waals surface area contributed by atoms with E-state index in [2.05, 4.69) is 33.0 Å². The summed E-state index contributed by atoms with van der Waals surface area (Å²) < 4.78 is 0. The second kappa shape index (κ2) is 4.01. The lowest BCUT2D eigenvalue weighted by Gasteiger charge is -2.07. The van der Waals surface area contributed by atoms with Crippen molar-refractivity contribution in [2.24, 2.45) is 16.7 Å². The lowest BCUT2D eigenvalue weighted by atomic mass is 10.0. The van der Waals surface area contributed by atoms with Crippen molar-refractivity contribution < 1.29 is 4.79 Å². The summed E-state index contributed by atoms with van der Waals surface area (Å²) in [5.74, 6) is 0.249. The van der Waals surface area contributed by atoms with E-state index < -0.39 is 0 Å². The van der Waals surface area contributed by atoms with Gasteiger partial charge in [0.25, 0.3) is 0 Å². The van der Waals surface area contributed by atoms with Crippen molar-refractivity contribution in [2.75, 3.05) is 5.73 Å². The minimum Gasteiger partial charge on any atom is -0.399 e. The summed E-state index contributed by atoms with van der Waals surface area (Å²) in [4.78, 5) is 12.2. The quantitative estimate of drug-likeness (QED) is 0.805. The van der Waals surface area contributed by atoms with Gasteiger partial charge in [0.1, 0.15) is 0 Å². The van der Waals surface area contributed by atoms with E-state index in [4.69, 9.17) is 5.73 Å². The summed E-state index contributed by atoms with van der Waals surface area (Å²) in [6.45, 7) is 9.15. The summed E-state index contributed by atoms with van der Waals surface area (Å²) >= 11 is 0. The zero-order chi connectivity index (χ0) is 13.6. The Hall–Kier alpha value is -1.51. The van der Waals surface area contributed by atoms with Gasteiger partial charge in [0, 0.05) is 18.2 Å². The smallest absolute Gasteiger partial charge is 0.224 e. The molecule has 0 radical (unpaired) electrons. The van der Waals surface area contributed by atoms with Crippen molar-refractivity contribution in [1.29, 1.82) is 0 Å². The van der Waals surface area contributed by atoms with Gasteiger partial charge >= 0.3 is 0 Å². The molecule has 3 N–H and O–H groups in total. The van der Waals surface area contributed by atoms with Gasteiger partial charge in [-0.1, -0.05) is 39.8 Å². The van der Waals surface area contributed by atoms with Crippen LogP contribution in [0.15, 0.2) is 24.3 Å². The Morgan fingerprint density at radius 3 is 2.39 bits per heavy atom. The number of nitrogens with two attached hydrogens (primary N) is 1. The van der Waals surface area contributed by atoms with Crippen LogP contribution in [0.5, 0.6) is 0 Å². The fourth-order valence-corrected chi connectivity index (χ4v) is 2.85. The lowest BCUT2D eigenvalue weighted by Crippen LogP contribution is -2.26. The van der Waals surface area contributed by atoms with Crippen LogP contribution in [0.4, 0.5) is 5.69 Å². The molecule has 1 amide bonds. The number of nitrogen functional groups attached to an aromatic ring is 1. The van der Waals surface area contributed by atoms with Gasteiger partial charge < -0.3 is 11.1 Å². The Bertz CT molecular complexity index is 463. The van der Waals surface area contributed by atoms with Crippen LogP contribution < -0.4 is 11.1 Å². The Morgan fingerprint density at radius 2 is 1.89 bits per heavy atom. The van der Waals surface area contributed by atoms with Gasteiger partial charge in [-0.3, -0.25) is 4.79 Å². The molecule has 1 aliphatic carbocycles. The monoisotopic (exact) mass is 246 g/mol. The molecule has 1 saturated carbocycles. The average molecular weight is 246 g/mol. The van der Waals surface area contributed by atoms with Crippen molar-refractivity contribution in [1.82, 2.24) is 5.32 Å². The number of rotatable bonds is 3. The number of hydrogen-bond acceptors (Lipinski definition) is 2. The molecular weight excluding hydrogens is 224 g/mol. The van der Waals surface area contributed by atoms with E-state index >= 15 is 0 Å². The molecule has 98 valence electrons. The van der Waals surface area contributed by atoms with E-state index in [9.17, 15) is 4.79 Å². The molecule has 1 aliphatic rings. The van der Waals surface area contributed by atoms with Crippen LogP contribution in [-0.2, 0) is 11.3 Å². The molecule has 3 heteroatoms. The third kappa shape index (κ3) is 1.98. The standard InChI is InChI=1S/C15H22N2O/c1-14(2)12(15(14,3)4)13(18)17-9-10-6-5-7-11(16)8-10/h5-8,12H,9,16H2,1-4H3,(H,17,18). The molecule has 0 aliphatic heterocycles. The van der Waals surface area contributed by atoms with Gasteiger partial charge in [0.15, 0.2) is 0 Å². The summed E-state index contributed by atoms with van der Waals surface area (Å²) in [6.07, 6.45) is 0. The average Bonchev–Trinajstić information content (AvgIpc) is 2.66. The van der Waals surface area contributed by atoms with Crippen LogP contribution >= 0.6 is 0 Å². The van der Waals surface area contributed by atoms with Crippen molar-refractivity contribution in [3.8, 4) is 0 Å². The Kier molecular flexibility index (Phi) is 2.88. The first-order chi connectivity index (χ1) is 8.26. The maximum Gasteiger partial charge on any atom is 0.224 e. The van der Waals surface area contributed by atoms with Crippen LogP contribution in [0.25, 0.3) is 0 Å². The summed E-state index contributed by atoms with van der Waals surface area (Å²) in [6, 6.07) is 7.61. The highest BCUT2D eigenvalue weighted by Gasteiger charge is 2.68. The van der Waals surface area contributed by atoms with Gasteiger partial charge in [-0.2, -0.15) is 0 Å². The number of carbonyl (C=O) groups excluding carboxylic acids is 1. The molecule has 3 nitrogen and oxygen atoms in total. The van der Waals surface area contributed by atoms with Crippen molar-refractivity contribution in [3.63, 3.8) is 0 Å². The molecule has 0 heterocycles. The molecular formula is C15H22N2O. The maximum absolute atomic E-state index is 12.2. The minimum absolute atomic E-state index is 0.0901. The molecule has 0 spiro atoms. The molecule has 0 unspecified atom stereocenters. The van der Waals surface area contributed by atoms with Gasteiger partial charge in [-0.25, -0.2) is 0 Å². The molecule has 0 saturated heterocycles. The van der Waals surface area contributed by atoms with E-state index in [1.54, 1.807) is 0 Å². The highest BCUT2D eigenvalue weighted by Crippen LogP contribution is 2.68. The fourth-order valence-electron chi connectivity index (χ4n) is 2.85. The SMILES string of the molecule is CC1(C)C(C(=O)NCc2cccc(N)c2)C1(C)C. The summed E-state index contributed by atoms with van der Waals surface area (Å²) in [5.41, 5.74) is 7.66. The first-order valence-electron chi connectivity index (χ1n) is 6.39. The second-order valence-corrected chi connectivity index (χ2v) is 6.34. The third-order valence-electron chi connectivity index (χ3n) is 4.70. The molecule has 1 fully saturated rings. The molecule has 0 bridgehead atoms. The first kappa shape index (κ1) is 12.9. The van der Waals surface area contributed by atoms with Gasteiger partial charge in [0.2, 0.25) is 5.91 Å². The Balaban J connectivity index is 1.95. The molecule has 18 heavy (non-hydrogen) atoms. The number of benzene rings is 1. The van der Waals surface area contributed by atoms with Gasteiger partial charge in [-0.15, -0.1) is 0 Å². The Morgan fingerprint density at radius 1 is 1.28 bits per heavy atom.